The lowest BCUT2D eigenvalue weighted by atomic mass is 9.78. The number of carbonyl (C=O) groups is 1. The lowest BCUT2D eigenvalue weighted by molar-refractivity contribution is -0.336. The van der Waals surface area contributed by atoms with E-state index in [-0.39, 0.29) is 36.1 Å². The van der Waals surface area contributed by atoms with Crippen LogP contribution in [0.5, 0.6) is 17.2 Å². The summed E-state index contributed by atoms with van der Waals surface area (Å²) < 4.78 is 49.2. The second kappa shape index (κ2) is 9.45. The molecule has 0 radical (unpaired) electrons. The van der Waals surface area contributed by atoms with E-state index in [1.54, 1.807) is 0 Å². The number of epoxide rings is 1. The Balaban J connectivity index is 1.23. The predicted octanol–water partition coefficient (Wildman–Crippen LogP) is -0.132. The number of aliphatic hydroxyl groups is 4. The number of aliphatic hydroxyl groups excluding tert-OH is 4. The number of ketones is 1. The molecule has 3 unspecified atom stereocenters. The number of phenolic OH excluding ortho intramolecular Hbond substituents is 1. The third kappa shape index (κ3) is 3.31. The second-order valence-corrected chi connectivity index (χ2v) is 12.3. The van der Waals surface area contributed by atoms with Crippen LogP contribution in [0.25, 0.3) is 10.8 Å². The zero-order chi connectivity index (χ0) is 30.9. The van der Waals surface area contributed by atoms with Gasteiger partial charge in [0, 0.05) is 30.0 Å². The van der Waals surface area contributed by atoms with Crippen LogP contribution >= 0.6 is 0 Å². The summed E-state index contributed by atoms with van der Waals surface area (Å²) in [6.07, 6.45) is -7.49. The monoisotopic (exact) mass is 618 g/mol. The van der Waals surface area contributed by atoms with Gasteiger partial charge in [-0.2, -0.15) is 0 Å². The van der Waals surface area contributed by atoms with Crippen LogP contribution in [0.4, 0.5) is 0 Å². The number of rotatable bonds is 6. The molecule has 1 aliphatic carbocycles. The quantitative estimate of drug-likeness (QED) is 0.269. The van der Waals surface area contributed by atoms with E-state index in [0.29, 0.717) is 46.9 Å². The van der Waals surface area contributed by atoms with Gasteiger partial charge in [-0.25, -0.2) is 0 Å². The summed E-state index contributed by atoms with van der Waals surface area (Å²) in [5.74, 6) is -2.78. The highest BCUT2D eigenvalue weighted by Crippen LogP contribution is 2.71. The maximum atomic E-state index is 13.1. The molecule has 5 N–H and O–H groups in total. The Labute approximate surface area is 250 Å². The molecular weight excluding hydrogens is 584 g/mol. The van der Waals surface area contributed by atoms with Crippen LogP contribution < -0.4 is 9.47 Å². The zero-order valence-electron chi connectivity index (χ0n) is 24.3. The van der Waals surface area contributed by atoms with E-state index in [9.17, 15) is 30.3 Å². The van der Waals surface area contributed by atoms with E-state index in [1.165, 1.54) is 14.2 Å². The third-order valence-corrected chi connectivity index (χ3v) is 10.2. The van der Waals surface area contributed by atoms with Gasteiger partial charge in [-0.05, 0) is 31.4 Å². The van der Waals surface area contributed by atoms with Crippen LogP contribution in [-0.4, -0.2) is 119 Å². The van der Waals surface area contributed by atoms with Gasteiger partial charge in [0.05, 0.1) is 31.3 Å². The number of aromatic hydroxyl groups is 1. The molecule has 4 fully saturated rings. The number of hydrogen-bond donors (Lipinski definition) is 5. The highest BCUT2D eigenvalue weighted by molar-refractivity contribution is 6.11. The number of Topliss-reactive ketones (excluding diaryl/α,β-unsaturated/α-hetero) is 1. The van der Waals surface area contributed by atoms with Crippen molar-refractivity contribution in [1.82, 2.24) is 0 Å². The Morgan fingerprint density at radius 1 is 1.09 bits per heavy atom. The van der Waals surface area contributed by atoms with E-state index in [4.69, 9.17) is 37.9 Å². The minimum Gasteiger partial charge on any atom is -0.506 e. The predicted molar refractivity (Wildman–Crippen MR) is 144 cm³/mol. The van der Waals surface area contributed by atoms with Gasteiger partial charge in [0.25, 0.3) is 5.79 Å². The number of ether oxygens (including phenoxy) is 8. The van der Waals surface area contributed by atoms with Crippen molar-refractivity contribution in [2.24, 2.45) is 0 Å². The van der Waals surface area contributed by atoms with Gasteiger partial charge in [0.2, 0.25) is 11.4 Å². The van der Waals surface area contributed by atoms with Crippen molar-refractivity contribution in [2.75, 3.05) is 34.0 Å². The van der Waals surface area contributed by atoms with Crippen molar-refractivity contribution in [3.8, 4) is 17.2 Å². The first-order valence-electron chi connectivity index (χ1n) is 14.7. The molecular formula is C30H34O14. The Kier molecular flexibility index (Phi) is 6.19. The standard InChI is InChI=1S/C30H34O14/c1-11-7-13-18(20(34)17-12(23(13)37-2)5-4-6-14(17)32)24-16(11)25-26-30(38-3,43-24)28(9-40-28)29(42-25,44-26)10-39-27-22(36)21(35)19(33)15(8-31)41-27/h7,15,19,21-22,25-27,31,33-36H,4-6,8-10H2,1-3H3/t15-,19-,21+,22-,25?,26?,27-,28-,29?,30-/m1/s1. The maximum absolute atomic E-state index is 13.1. The summed E-state index contributed by atoms with van der Waals surface area (Å²) in [6.45, 7) is 0.986. The first-order valence-corrected chi connectivity index (χ1v) is 14.7. The van der Waals surface area contributed by atoms with Crippen LogP contribution in [-0.2, 0) is 34.8 Å². The zero-order valence-corrected chi connectivity index (χ0v) is 24.3. The van der Waals surface area contributed by atoms with E-state index in [1.807, 2.05) is 13.0 Å². The molecule has 8 rings (SSSR count). The molecule has 0 amide bonds. The average molecular weight is 619 g/mol. The lowest BCUT2D eigenvalue weighted by Gasteiger charge is -2.48. The van der Waals surface area contributed by atoms with Crippen molar-refractivity contribution >= 4 is 16.6 Å². The van der Waals surface area contributed by atoms with E-state index >= 15 is 0 Å². The van der Waals surface area contributed by atoms with E-state index < -0.39 is 66.7 Å². The van der Waals surface area contributed by atoms with Gasteiger partial charge in [0.15, 0.2) is 18.2 Å². The molecule has 10 atom stereocenters. The molecule has 14 nitrogen and oxygen atoms in total. The minimum absolute atomic E-state index is 0.0877. The van der Waals surface area contributed by atoms with Crippen LogP contribution in [0.15, 0.2) is 6.07 Å². The van der Waals surface area contributed by atoms with Crippen molar-refractivity contribution in [3.05, 3.63) is 28.3 Å². The molecule has 2 aromatic carbocycles. The molecule has 14 heteroatoms. The minimum atomic E-state index is -1.63. The molecule has 5 heterocycles. The van der Waals surface area contributed by atoms with Gasteiger partial charge >= 0.3 is 0 Å². The lowest BCUT2D eigenvalue weighted by Crippen LogP contribution is -2.68. The number of methoxy groups -OCH3 is 2. The molecule has 1 spiro atoms. The molecule has 0 saturated carbocycles. The van der Waals surface area contributed by atoms with Crippen molar-refractivity contribution in [1.29, 1.82) is 0 Å². The fraction of sp³-hybridized carbons (Fsp3) is 0.633. The fourth-order valence-corrected chi connectivity index (χ4v) is 7.97. The molecule has 0 aromatic heterocycles. The van der Waals surface area contributed by atoms with Gasteiger partial charge in [-0.1, -0.05) is 0 Å². The SMILES string of the molecule is COc1c2c(c(O)c3c4c(c(C)cc13)C1OC3(CO[C@@H]5O[C@H](CO)[C@@H](O)[C@H](O)[C@H]5O)OC1[C@@](OC)(O4)[C@@]31CO1)C(=O)CCC2. The summed E-state index contributed by atoms with van der Waals surface area (Å²) >= 11 is 0. The Bertz CT molecular complexity index is 1570. The number of carbonyl (C=O) groups excluding carboxylic acids is 1. The number of hydrogen-bond acceptors (Lipinski definition) is 14. The fourth-order valence-electron chi connectivity index (χ4n) is 7.97. The topological polar surface area (TPSA) is 195 Å². The summed E-state index contributed by atoms with van der Waals surface area (Å²) in [5.41, 5.74) is 0.885. The number of aryl methyl sites for hydroxylation is 1. The molecule has 44 heavy (non-hydrogen) atoms. The Hall–Kier alpha value is -2.63. The van der Waals surface area contributed by atoms with Gasteiger partial charge in [-0.3, -0.25) is 4.79 Å². The number of benzene rings is 2. The Morgan fingerprint density at radius 3 is 2.55 bits per heavy atom. The number of phenols is 1. The first kappa shape index (κ1) is 28.8. The molecule has 5 aliphatic heterocycles. The van der Waals surface area contributed by atoms with Crippen LogP contribution in [0.3, 0.4) is 0 Å². The highest BCUT2D eigenvalue weighted by atomic mass is 16.9. The highest BCUT2D eigenvalue weighted by Gasteiger charge is 2.91. The second-order valence-electron chi connectivity index (χ2n) is 12.3. The van der Waals surface area contributed by atoms with Crippen LogP contribution in [0, 0.1) is 6.92 Å². The summed E-state index contributed by atoms with van der Waals surface area (Å²) in [5, 5.41) is 53.1. The van der Waals surface area contributed by atoms with Crippen LogP contribution in [0.2, 0.25) is 0 Å². The summed E-state index contributed by atoms with van der Waals surface area (Å²) in [7, 11) is 2.98. The smallest absolute Gasteiger partial charge is 0.276 e. The first-order chi connectivity index (χ1) is 21.1. The van der Waals surface area contributed by atoms with Gasteiger partial charge in [0.1, 0.15) is 54.4 Å². The van der Waals surface area contributed by atoms with Crippen LogP contribution in [0.1, 0.15) is 46.0 Å². The molecule has 6 aliphatic rings. The molecule has 2 bridgehead atoms. The third-order valence-electron chi connectivity index (χ3n) is 10.2. The summed E-state index contributed by atoms with van der Waals surface area (Å²) in [4.78, 5) is 13.1. The maximum Gasteiger partial charge on any atom is 0.276 e. The van der Waals surface area contributed by atoms with Crippen molar-refractivity contribution < 1.29 is 68.2 Å². The van der Waals surface area contributed by atoms with Crippen molar-refractivity contribution in [2.45, 2.75) is 86.3 Å². The Morgan fingerprint density at radius 2 is 1.86 bits per heavy atom. The van der Waals surface area contributed by atoms with Crippen molar-refractivity contribution in [3.63, 3.8) is 0 Å². The van der Waals surface area contributed by atoms with E-state index in [2.05, 4.69) is 0 Å². The van der Waals surface area contributed by atoms with Gasteiger partial charge in [-0.15, -0.1) is 0 Å². The molecule has 2 aromatic rings. The van der Waals surface area contributed by atoms with Gasteiger partial charge < -0.3 is 63.4 Å². The molecule has 238 valence electrons. The molecule has 4 saturated heterocycles. The average Bonchev–Trinajstić information content (AvgIpc) is 3.68. The normalized spacial score (nSPS) is 41.5. The van der Waals surface area contributed by atoms with E-state index in [0.717, 1.165) is 5.56 Å². The number of fused-ring (bicyclic) bond motifs is 8. The largest absolute Gasteiger partial charge is 0.506 e. The summed E-state index contributed by atoms with van der Waals surface area (Å²) in [6, 6.07) is 1.87.